The van der Waals surface area contributed by atoms with Crippen molar-refractivity contribution in [2.75, 3.05) is 13.6 Å². The maximum Gasteiger partial charge on any atom is 0.222 e. The lowest BCUT2D eigenvalue weighted by molar-refractivity contribution is -0.131. The number of carbonyl (C=O) groups excluding carboxylic acids is 1. The van der Waals surface area contributed by atoms with Crippen molar-refractivity contribution >= 4 is 5.91 Å². The molecular weight excluding hydrogens is 200 g/mol. The molecule has 0 aromatic carbocycles. The summed E-state index contributed by atoms with van der Waals surface area (Å²) in [5.74, 6) is 1.45. The van der Waals surface area contributed by atoms with Crippen molar-refractivity contribution in [3.8, 4) is 0 Å². The predicted octanol–water partition coefficient (Wildman–Crippen LogP) is 2.01. The average Bonchev–Trinajstić information content (AvgIpc) is 2.18. The molecule has 0 aliphatic heterocycles. The van der Waals surface area contributed by atoms with Gasteiger partial charge in [0.2, 0.25) is 5.91 Å². The summed E-state index contributed by atoms with van der Waals surface area (Å²) in [4.78, 5) is 13.7. The first-order chi connectivity index (χ1) is 7.50. The Balaban J connectivity index is 2.17. The summed E-state index contributed by atoms with van der Waals surface area (Å²) in [6.07, 6.45) is 5.44. The summed E-state index contributed by atoms with van der Waals surface area (Å²) in [5.41, 5.74) is 5.97. The Bertz CT molecular complexity index is 224. The SMILES string of the molecule is CC(C)C(N)CCN(C)C(=O)CC1CCC1. The van der Waals surface area contributed by atoms with E-state index in [0.29, 0.717) is 17.7 Å². The van der Waals surface area contributed by atoms with Gasteiger partial charge in [0.25, 0.3) is 0 Å². The standard InChI is InChI=1S/C13H26N2O/c1-10(2)12(14)7-8-15(3)13(16)9-11-5-4-6-11/h10-12H,4-9,14H2,1-3H3. The number of hydrogen-bond acceptors (Lipinski definition) is 2. The van der Waals surface area contributed by atoms with E-state index < -0.39 is 0 Å². The summed E-state index contributed by atoms with van der Waals surface area (Å²) in [5, 5.41) is 0. The summed E-state index contributed by atoms with van der Waals surface area (Å²) < 4.78 is 0. The van der Waals surface area contributed by atoms with Crippen LogP contribution < -0.4 is 5.73 Å². The van der Waals surface area contributed by atoms with E-state index in [1.807, 2.05) is 11.9 Å². The molecule has 94 valence electrons. The minimum absolute atomic E-state index is 0.207. The van der Waals surface area contributed by atoms with Gasteiger partial charge in [-0.05, 0) is 31.1 Å². The van der Waals surface area contributed by atoms with Crippen molar-refractivity contribution in [3.63, 3.8) is 0 Å². The van der Waals surface area contributed by atoms with Gasteiger partial charge in [0, 0.05) is 26.1 Å². The third-order valence-corrected chi connectivity index (χ3v) is 3.77. The van der Waals surface area contributed by atoms with Gasteiger partial charge < -0.3 is 10.6 Å². The largest absolute Gasteiger partial charge is 0.346 e. The molecule has 1 unspecified atom stereocenters. The Morgan fingerprint density at radius 2 is 2.06 bits per heavy atom. The molecular formula is C13H26N2O. The van der Waals surface area contributed by atoms with Crippen LogP contribution in [0.15, 0.2) is 0 Å². The molecule has 16 heavy (non-hydrogen) atoms. The second-order valence-electron chi connectivity index (χ2n) is 5.51. The van der Waals surface area contributed by atoms with Gasteiger partial charge in [-0.2, -0.15) is 0 Å². The van der Waals surface area contributed by atoms with E-state index >= 15 is 0 Å². The van der Waals surface area contributed by atoms with Crippen LogP contribution in [0.3, 0.4) is 0 Å². The number of nitrogens with two attached hydrogens (primary N) is 1. The fourth-order valence-corrected chi connectivity index (χ4v) is 1.90. The molecule has 1 atom stereocenters. The van der Waals surface area contributed by atoms with E-state index in [1.54, 1.807) is 0 Å². The van der Waals surface area contributed by atoms with Gasteiger partial charge in [0.15, 0.2) is 0 Å². The fourth-order valence-electron chi connectivity index (χ4n) is 1.90. The Kier molecular flexibility index (Phi) is 5.26. The minimum atomic E-state index is 0.207. The van der Waals surface area contributed by atoms with Crippen LogP contribution in [0.5, 0.6) is 0 Å². The van der Waals surface area contributed by atoms with Crippen molar-refractivity contribution in [1.29, 1.82) is 0 Å². The Morgan fingerprint density at radius 3 is 2.50 bits per heavy atom. The molecule has 1 aliphatic carbocycles. The molecule has 3 nitrogen and oxygen atoms in total. The van der Waals surface area contributed by atoms with Crippen molar-refractivity contribution in [2.45, 2.75) is 52.0 Å². The Morgan fingerprint density at radius 1 is 1.44 bits per heavy atom. The maximum atomic E-state index is 11.8. The van der Waals surface area contributed by atoms with Crippen LogP contribution in [0, 0.1) is 11.8 Å². The van der Waals surface area contributed by atoms with Gasteiger partial charge in [-0.15, -0.1) is 0 Å². The van der Waals surface area contributed by atoms with Gasteiger partial charge in [0.1, 0.15) is 0 Å². The molecule has 1 fully saturated rings. The summed E-state index contributed by atoms with van der Waals surface area (Å²) in [7, 11) is 1.90. The molecule has 1 amide bonds. The first kappa shape index (κ1) is 13.5. The third kappa shape index (κ3) is 4.12. The molecule has 0 radical (unpaired) electrons. The molecule has 0 aromatic rings. The highest BCUT2D eigenvalue weighted by atomic mass is 16.2. The molecule has 1 rings (SSSR count). The minimum Gasteiger partial charge on any atom is -0.346 e. The highest BCUT2D eigenvalue weighted by molar-refractivity contribution is 5.76. The van der Waals surface area contributed by atoms with Gasteiger partial charge in [-0.1, -0.05) is 20.3 Å². The smallest absolute Gasteiger partial charge is 0.222 e. The summed E-state index contributed by atoms with van der Waals surface area (Å²) >= 11 is 0. The zero-order chi connectivity index (χ0) is 12.1. The van der Waals surface area contributed by atoms with E-state index in [4.69, 9.17) is 5.73 Å². The van der Waals surface area contributed by atoms with Crippen LogP contribution in [0.1, 0.15) is 46.0 Å². The highest BCUT2D eigenvalue weighted by Crippen LogP contribution is 2.29. The fraction of sp³-hybridized carbons (Fsp3) is 0.923. The molecule has 1 aliphatic rings. The third-order valence-electron chi connectivity index (χ3n) is 3.77. The molecule has 0 aromatic heterocycles. The molecule has 1 saturated carbocycles. The van der Waals surface area contributed by atoms with Crippen molar-refractivity contribution in [1.82, 2.24) is 4.90 Å². The molecule has 0 heterocycles. The second-order valence-corrected chi connectivity index (χ2v) is 5.51. The van der Waals surface area contributed by atoms with Crippen LogP contribution in [-0.4, -0.2) is 30.4 Å². The summed E-state index contributed by atoms with van der Waals surface area (Å²) in [6, 6.07) is 0.207. The van der Waals surface area contributed by atoms with E-state index in [2.05, 4.69) is 13.8 Å². The van der Waals surface area contributed by atoms with Crippen molar-refractivity contribution < 1.29 is 4.79 Å². The van der Waals surface area contributed by atoms with E-state index in [9.17, 15) is 4.79 Å². The van der Waals surface area contributed by atoms with Crippen LogP contribution in [0.4, 0.5) is 0 Å². The van der Waals surface area contributed by atoms with Crippen LogP contribution in [0.25, 0.3) is 0 Å². The maximum absolute atomic E-state index is 11.8. The Hall–Kier alpha value is -0.570. The van der Waals surface area contributed by atoms with Crippen LogP contribution in [-0.2, 0) is 4.79 Å². The van der Waals surface area contributed by atoms with Crippen LogP contribution >= 0.6 is 0 Å². The van der Waals surface area contributed by atoms with Crippen molar-refractivity contribution in [2.24, 2.45) is 17.6 Å². The number of carbonyl (C=O) groups is 1. The molecule has 0 bridgehead atoms. The lowest BCUT2D eigenvalue weighted by atomic mass is 9.83. The lowest BCUT2D eigenvalue weighted by Crippen LogP contribution is -2.35. The number of nitrogens with zero attached hydrogens (tertiary/aromatic N) is 1. The second kappa shape index (κ2) is 6.24. The monoisotopic (exact) mass is 226 g/mol. The quantitative estimate of drug-likeness (QED) is 0.753. The van der Waals surface area contributed by atoms with Crippen molar-refractivity contribution in [3.05, 3.63) is 0 Å². The highest BCUT2D eigenvalue weighted by Gasteiger charge is 2.22. The topological polar surface area (TPSA) is 46.3 Å². The van der Waals surface area contributed by atoms with E-state index in [1.165, 1.54) is 19.3 Å². The normalized spacial score (nSPS) is 18.3. The first-order valence-corrected chi connectivity index (χ1v) is 6.50. The van der Waals surface area contributed by atoms with Gasteiger partial charge in [-0.3, -0.25) is 4.79 Å². The number of hydrogen-bond donors (Lipinski definition) is 1. The predicted molar refractivity (Wildman–Crippen MR) is 67.0 cm³/mol. The van der Waals surface area contributed by atoms with E-state index in [-0.39, 0.29) is 6.04 Å². The zero-order valence-electron chi connectivity index (χ0n) is 10.9. The van der Waals surface area contributed by atoms with E-state index in [0.717, 1.165) is 19.4 Å². The molecule has 0 saturated heterocycles. The first-order valence-electron chi connectivity index (χ1n) is 6.50. The molecule has 2 N–H and O–H groups in total. The molecule has 3 heteroatoms. The van der Waals surface area contributed by atoms with Gasteiger partial charge in [-0.25, -0.2) is 0 Å². The summed E-state index contributed by atoms with van der Waals surface area (Å²) in [6.45, 7) is 5.05. The Labute approximate surface area is 99.4 Å². The average molecular weight is 226 g/mol. The number of amides is 1. The van der Waals surface area contributed by atoms with Crippen LogP contribution in [0.2, 0.25) is 0 Å². The zero-order valence-corrected chi connectivity index (χ0v) is 10.9. The van der Waals surface area contributed by atoms with Gasteiger partial charge in [0.05, 0.1) is 0 Å². The number of rotatable bonds is 6. The lowest BCUT2D eigenvalue weighted by Gasteiger charge is -2.28. The van der Waals surface area contributed by atoms with Gasteiger partial charge >= 0.3 is 0 Å². The molecule has 0 spiro atoms.